The van der Waals surface area contributed by atoms with Crippen molar-refractivity contribution in [2.75, 3.05) is 10.6 Å². The molecule has 0 amide bonds. The molecule has 3 N–H and O–H groups in total. The molecule has 3 heterocycles. The minimum Gasteiger partial charge on any atom is -0.390 e. The number of aliphatic hydroxyl groups is 1. The molecule has 4 rings (SSSR count). The zero-order chi connectivity index (χ0) is 16.4. The van der Waals surface area contributed by atoms with Gasteiger partial charge in [-0.1, -0.05) is 17.8 Å². The number of nitrogens with zero attached hydrogens (tertiary/aromatic N) is 3. The molecule has 3 aromatic rings. The van der Waals surface area contributed by atoms with Crippen LogP contribution < -0.4 is 10.6 Å². The number of aromatic nitrogens is 3. The van der Waals surface area contributed by atoms with Gasteiger partial charge in [0.05, 0.1) is 18.0 Å². The first-order valence-corrected chi connectivity index (χ1v) is 8.32. The van der Waals surface area contributed by atoms with Gasteiger partial charge in [0.2, 0.25) is 0 Å². The smallest absolute Gasteiger partial charge is 0.163 e. The van der Waals surface area contributed by atoms with E-state index in [1.165, 1.54) is 0 Å². The van der Waals surface area contributed by atoms with E-state index in [9.17, 15) is 0 Å². The number of anilines is 3. The normalized spacial score (nSPS) is 12.0. The Kier molecular flexibility index (Phi) is 4.02. The summed E-state index contributed by atoms with van der Waals surface area (Å²) in [6.45, 7) is 0.623. The third kappa shape index (κ3) is 3.04. The van der Waals surface area contributed by atoms with E-state index in [2.05, 4.69) is 43.8 Å². The minimum absolute atomic E-state index is 0.0596. The van der Waals surface area contributed by atoms with Crippen LogP contribution in [0.1, 0.15) is 11.3 Å². The molecule has 24 heavy (non-hydrogen) atoms. The van der Waals surface area contributed by atoms with Crippen molar-refractivity contribution in [3.8, 4) is 0 Å². The molecule has 0 fully saturated rings. The third-order valence-electron chi connectivity index (χ3n) is 3.64. The van der Waals surface area contributed by atoms with Crippen LogP contribution in [0.5, 0.6) is 0 Å². The summed E-state index contributed by atoms with van der Waals surface area (Å²) in [7, 11) is 0. The van der Waals surface area contributed by atoms with Gasteiger partial charge in [-0.25, -0.2) is 9.97 Å². The van der Waals surface area contributed by atoms with Gasteiger partial charge in [0.1, 0.15) is 5.03 Å². The van der Waals surface area contributed by atoms with E-state index in [1.54, 1.807) is 30.4 Å². The summed E-state index contributed by atoms with van der Waals surface area (Å²) in [6, 6.07) is 10.0. The highest BCUT2D eigenvalue weighted by Gasteiger charge is 2.17. The molecule has 2 aromatic heterocycles. The fraction of sp³-hybridized carbons (Fsp3) is 0.118. The van der Waals surface area contributed by atoms with Crippen LogP contribution in [0.15, 0.2) is 58.8 Å². The molecule has 0 aliphatic carbocycles. The number of hydrogen-bond donors (Lipinski definition) is 3. The first kappa shape index (κ1) is 14.9. The molecule has 0 radical (unpaired) electrons. The summed E-state index contributed by atoms with van der Waals surface area (Å²) in [5.41, 5.74) is 3.78. The number of aliphatic hydroxyl groups excluding tert-OH is 1. The Morgan fingerprint density at radius 2 is 1.96 bits per heavy atom. The van der Waals surface area contributed by atoms with Crippen molar-refractivity contribution in [3.63, 3.8) is 0 Å². The van der Waals surface area contributed by atoms with Crippen molar-refractivity contribution in [1.29, 1.82) is 0 Å². The van der Waals surface area contributed by atoms with Gasteiger partial charge in [-0.3, -0.25) is 4.98 Å². The second-order valence-electron chi connectivity index (χ2n) is 5.32. The number of rotatable bonds is 4. The Morgan fingerprint density at radius 1 is 1.04 bits per heavy atom. The minimum atomic E-state index is -0.0596. The lowest BCUT2D eigenvalue weighted by atomic mass is 10.2. The van der Waals surface area contributed by atoms with Crippen molar-refractivity contribution in [3.05, 3.63) is 60.2 Å². The molecule has 0 unspecified atom stereocenters. The van der Waals surface area contributed by atoms with Crippen molar-refractivity contribution < 1.29 is 5.11 Å². The van der Waals surface area contributed by atoms with Crippen LogP contribution in [0.3, 0.4) is 0 Å². The summed E-state index contributed by atoms with van der Waals surface area (Å²) >= 11 is 1.62. The summed E-state index contributed by atoms with van der Waals surface area (Å²) in [4.78, 5) is 13.9. The van der Waals surface area contributed by atoms with Crippen LogP contribution in [-0.4, -0.2) is 20.1 Å². The van der Waals surface area contributed by atoms with E-state index in [1.807, 2.05) is 12.1 Å². The lowest BCUT2D eigenvalue weighted by Crippen LogP contribution is -2.05. The zero-order valence-electron chi connectivity index (χ0n) is 12.7. The Bertz CT molecular complexity index is 886. The van der Waals surface area contributed by atoms with E-state index < -0.39 is 0 Å². The van der Waals surface area contributed by atoms with E-state index in [-0.39, 0.29) is 6.61 Å². The largest absolute Gasteiger partial charge is 0.390 e. The van der Waals surface area contributed by atoms with Crippen LogP contribution in [0.2, 0.25) is 0 Å². The molecular formula is C17H15N5OS. The molecule has 120 valence electrons. The predicted octanol–water partition coefficient (Wildman–Crippen LogP) is 3.18. The van der Waals surface area contributed by atoms with Gasteiger partial charge in [0, 0.05) is 35.7 Å². The van der Waals surface area contributed by atoms with Gasteiger partial charge in [-0.2, -0.15) is 0 Å². The summed E-state index contributed by atoms with van der Waals surface area (Å²) < 4.78 is 0. The number of hydrogen-bond acceptors (Lipinski definition) is 7. The Balaban J connectivity index is 1.50. The maximum atomic E-state index is 9.15. The fourth-order valence-corrected chi connectivity index (χ4v) is 3.35. The molecule has 1 aliphatic rings. The molecule has 1 aromatic carbocycles. The Morgan fingerprint density at radius 3 is 2.88 bits per heavy atom. The number of benzene rings is 1. The predicted molar refractivity (Wildman–Crippen MR) is 93.4 cm³/mol. The van der Waals surface area contributed by atoms with E-state index in [0.29, 0.717) is 12.2 Å². The van der Waals surface area contributed by atoms with Crippen LogP contribution in [0.4, 0.5) is 17.2 Å². The number of pyridine rings is 1. The van der Waals surface area contributed by atoms with Crippen LogP contribution >= 0.6 is 11.8 Å². The second kappa shape index (κ2) is 6.46. The van der Waals surface area contributed by atoms with Crippen LogP contribution in [0, 0.1) is 0 Å². The van der Waals surface area contributed by atoms with Crippen molar-refractivity contribution in [2.45, 2.75) is 23.1 Å². The summed E-state index contributed by atoms with van der Waals surface area (Å²) in [5.74, 6) is 0.793. The van der Waals surface area contributed by atoms with E-state index in [4.69, 9.17) is 5.11 Å². The highest BCUT2D eigenvalue weighted by atomic mass is 32.2. The first-order valence-electron chi connectivity index (χ1n) is 7.50. The third-order valence-corrected chi connectivity index (χ3v) is 4.71. The quantitative estimate of drug-likeness (QED) is 0.527. The highest BCUT2D eigenvalue weighted by Crippen LogP contribution is 2.42. The molecule has 0 saturated heterocycles. The standard InChI is InChI=1S/C17H15N5OS/c23-10-13-8-12(3-4-18-13)21-9-11-1-2-15-14(7-11)22-16-17(24-15)20-6-5-19-16/h1-8,23H,9-10H2,(H,18,21)(H,19,22). The Hall–Kier alpha value is -2.64. The molecule has 0 atom stereocenters. The van der Waals surface area contributed by atoms with Gasteiger partial charge in [0.15, 0.2) is 5.82 Å². The number of nitrogens with one attached hydrogen (secondary N) is 2. The lowest BCUT2D eigenvalue weighted by Gasteiger charge is -2.19. The van der Waals surface area contributed by atoms with E-state index in [0.717, 1.165) is 32.7 Å². The Labute approximate surface area is 143 Å². The highest BCUT2D eigenvalue weighted by molar-refractivity contribution is 7.99. The molecular weight excluding hydrogens is 322 g/mol. The maximum Gasteiger partial charge on any atom is 0.163 e. The second-order valence-corrected chi connectivity index (χ2v) is 6.35. The summed E-state index contributed by atoms with van der Waals surface area (Å²) in [6.07, 6.45) is 5.08. The SMILES string of the molecule is OCc1cc(NCc2ccc3c(c2)Nc2nccnc2S3)ccn1. The molecule has 6 nitrogen and oxygen atoms in total. The fourth-order valence-electron chi connectivity index (χ4n) is 2.47. The van der Waals surface area contributed by atoms with Crippen molar-refractivity contribution >= 4 is 29.0 Å². The lowest BCUT2D eigenvalue weighted by molar-refractivity contribution is 0.277. The molecule has 0 bridgehead atoms. The monoisotopic (exact) mass is 337 g/mol. The molecule has 1 aliphatic heterocycles. The molecule has 0 saturated carbocycles. The van der Waals surface area contributed by atoms with E-state index >= 15 is 0 Å². The van der Waals surface area contributed by atoms with Gasteiger partial charge in [-0.15, -0.1) is 0 Å². The zero-order valence-corrected chi connectivity index (χ0v) is 13.5. The topological polar surface area (TPSA) is 83.0 Å². The van der Waals surface area contributed by atoms with Gasteiger partial charge in [0.25, 0.3) is 0 Å². The number of fused-ring (bicyclic) bond motifs is 2. The van der Waals surface area contributed by atoms with Crippen LogP contribution in [-0.2, 0) is 13.2 Å². The molecule has 7 heteroatoms. The molecule has 0 spiro atoms. The first-order chi connectivity index (χ1) is 11.8. The maximum absolute atomic E-state index is 9.15. The van der Waals surface area contributed by atoms with Gasteiger partial charge >= 0.3 is 0 Å². The van der Waals surface area contributed by atoms with Gasteiger partial charge < -0.3 is 15.7 Å². The van der Waals surface area contributed by atoms with Gasteiger partial charge in [-0.05, 0) is 29.8 Å². The average molecular weight is 337 g/mol. The van der Waals surface area contributed by atoms with Crippen molar-refractivity contribution in [1.82, 2.24) is 15.0 Å². The summed E-state index contributed by atoms with van der Waals surface area (Å²) in [5, 5.41) is 16.7. The average Bonchev–Trinajstić information content (AvgIpc) is 2.64. The van der Waals surface area contributed by atoms with Crippen molar-refractivity contribution in [2.24, 2.45) is 0 Å². The van der Waals surface area contributed by atoms with Crippen LogP contribution in [0.25, 0.3) is 0 Å².